The van der Waals surface area contributed by atoms with Crippen molar-refractivity contribution >= 4 is 17.8 Å². The van der Waals surface area contributed by atoms with Crippen molar-refractivity contribution in [1.29, 1.82) is 0 Å². The first-order valence-electron chi connectivity index (χ1n) is 9.29. The Hall–Kier alpha value is -1.59. The fourth-order valence-electron chi connectivity index (χ4n) is 4.00. The van der Waals surface area contributed by atoms with Crippen LogP contribution in [0.15, 0.2) is 0 Å². The van der Waals surface area contributed by atoms with Crippen LogP contribution in [0.25, 0.3) is 0 Å². The summed E-state index contributed by atoms with van der Waals surface area (Å²) in [5.74, 6) is -0.922. The van der Waals surface area contributed by atoms with Crippen molar-refractivity contribution in [2.45, 2.75) is 66.3 Å². The highest BCUT2D eigenvalue weighted by Gasteiger charge is 2.50. The standard InChI is InChI=1S/C19H32N2O4/c1-13(2)19(17(24)25)8-10-20(12-19)16(23)14-7-6-9-21(14)15(22)11-18(3,4)5/h13-14H,6-12H2,1-5H3,(H,24,25). The topological polar surface area (TPSA) is 77.9 Å². The van der Waals surface area contributed by atoms with E-state index < -0.39 is 17.4 Å². The molecule has 2 amide bonds. The van der Waals surface area contributed by atoms with Gasteiger partial charge in [-0.25, -0.2) is 0 Å². The Balaban J connectivity index is 2.10. The first-order valence-corrected chi connectivity index (χ1v) is 9.29. The van der Waals surface area contributed by atoms with Gasteiger partial charge in [-0.15, -0.1) is 0 Å². The normalized spacial score (nSPS) is 27.2. The lowest BCUT2D eigenvalue weighted by Crippen LogP contribution is -2.49. The molecule has 2 saturated heterocycles. The van der Waals surface area contributed by atoms with Gasteiger partial charge < -0.3 is 14.9 Å². The molecule has 2 aliphatic heterocycles. The molecule has 0 aliphatic carbocycles. The average Bonchev–Trinajstić information content (AvgIpc) is 3.12. The highest BCUT2D eigenvalue weighted by atomic mass is 16.4. The molecule has 2 atom stereocenters. The first-order chi connectivity index (χ1) is 11.5. The predicted octanol–water partition coefficient (Wildman–Crippen LogP) is 2.37. The highest BCUT2D eigenvalue weighted by molar-refractivity contribution is 5.89. The number of nitrogens with zero attached hydrogens (tertiary/aromatic N) is 2. The fraction of sp³-hybridized carbons (Fsp3) is 0.842. The predicted molar refractivity (Wildman–Crippen MR) is 94.9 cm³/mol. The molecule has 2 fully saturated rings. The highest BCUT2D eigenvalue weighted by Crippen LogP contribution is 2.39. The Morgan fingerprint density at radius 2 is 1.84 bits per heavy atom. The lowest BCUT2D eigenvalue weighted by atomic mass is 9.76. The summed E-state index contributed by atoms with van der Waals surface area (Å²) in [4.78, 5) is 40.8. The second-order valence-electron chi connectivity index (χ2n) is 9.11. The van der Waals surface area contributed by atoms with E-state index >= 15 is 0 Å². The number of carboxylic acid groups (broad SMARTS) is 1. The van der Waals surface area contributed by atoms with E-state index in [1.54, 1.807) is 9.80 Å². The number of hydrogen-bond donors (Lipinski definition) is 1. The van der Waals surface area contributed by atoms with Gasteiger partial charge >= 0.3 is 5.97 Å². The van der Waals surface area contributed by atoms with E-state index in [9.17, 15) is 19.5 Å². The number of amides is 2. The molecule has 6 heteroatoms. The number of aliphatic carboxylic acids is 1. The Morgan fingerprint density at radius 1 is 1.20 bits per heavy atom. The molecule has 1 N–H and O–H groups in total. The molecule has 2 rings (SSSR count). The van der Waals surface area contributed by atoms with E-state index in [1.807, 2.05) is 34.6 Å². The van der Waals surface area contributed by atoms with Crippen LogP contribution in [0.3, 0.4) is 0 Å². The van der Waals surface area contributed by atoms with Crippen molar-refractivity contribution in [3.63, 3.8) is 0 Å². The van der Waals surface area contributed by atoms with E-state index in [0.717, 1.165) is 6.42 Å². The number of hydrogen-bond acceptors (Lipinski definition) is 3. The van der Waals surface area contributed by atoms with E-state index in [2.05, 4.69) is 0 Å². The van der Waals surface area contributed by atoms with E-state index in [1.165, 1.54) is 0 Å². The number of likely N-dealkylation sites (tertiary alicyclic amines) is 2. The zero-order valence-corrected chi connectivity index (χ0v) is 16.2. The van der Waals surface area contributed by atoms with Gasteiger partial charge in [0.25, 0.3) is 0 Å². The van der Waals surface area contributed by atoms with Gasteiger partial charge in [0.15, 0.2) is 0 Å². The summed E-state index contributed by atoms with van der Waals surface area (Å²) in [7, 11) is 0. The van der Waals surface area contributed by atoms with Crippen LogP contribution in [0.5, 0.6) is 0 Å². The Kier molecular flexibility index (Phi) is 5.50. The summed E-state index contributed by atoms with van der Waals surface area (Å²) in [5.41, 5.74) is -0.981. The summed E-state index contributed by atoms with van der Waals surface area (Å²) in [5, 5.41) is 9.66. The van der Waals surface area contributed by atoms with Crippen LogP contribution in [-0.2, 0) is 14.4 Å². The van der Waals surface area contributed by atoms with Crippen LogP contribution >= 0.6 is 0 Å². The Labute approximate surface area is 150 Å². The van der Waals surface area contributed by atoms with Crippen LogP contribution in [-0.4, -0.2) is 58.4 Å². The summed E-state index contributed by atoms with van der Waals surface area (Å²) in [6, 6.07) is -0.424. The molecule has 0 aromatic heterocycles. The van der Waals surface area contributed by atoms with Gasteiger partial charge in [0, 0.05) is 26.1 Å². The summed E-state index contributed by atoms with van der Waals surface area (Å²) in [6.45, 7) is 11.2. The Morgan fingerprint density at radius 3 is 2.32 bits per heavy atom. The van der Waals surface area contributed by atoms with Crippen LogP contribution in [0.4, 0.5) is 0 Å². The third-order valence-electron chi connectivity index (χ3n) is 5.68. The van der Waals surface area contributed by atoms with Gasteiger partial charge in [0.1, 0.15) is 6.04 Å². The largest absolute Gasteiger partial charge is 0.481 e. The SMILES string of the molecule is CC(C)C1(C(=O)O)CCN(C(=O)C2CCCN2C(=O)CC(C)(C)C)C1. The van der Waals surface area contributed by atoms with Crippen molar-refractivity contribution in [3.05, 3.63) is 0 Å². The molecule has 2 heterocycles. The van der Waals surface area contributed by atoms with Crippen LogP contribution in [0.1, 0.15) is 60.3 Å². The number of carboxylic acids is 1. The zero-order valence-electron chi connectivity index (χ0n) is 16.2. The molecule has 0 aromatic rings. The molecule has 0 spiro atoms. The van der Waals surface area contributed by atoms with Crippen molar-refractivity contribution in [1.82, 2.24) is 9.80 Å². The maximum atomic E-state index is 13.0. The minimum atomic E-state index is -0.867. The fourth-order valence-corrected chi connectivity index (χ4v) is 4.00. The molecule has 0 radical (unpaired) electrons. The number of carbonyl (C=O) groups excluding carboxylic acids is 2. The monoisotopic (exact) mass is 352 g/mol. The minimum absolute atomic E-state index is 0.0240. The van der Waals surface area contributed by atoms with Crippen LogP contribution in [0.2, 0.25) is 0 Å². The second kappa shape index (κ2) is 6.96. The van der Waals surface area contributed by atoms with Crippen molar-refractivity contribution < 1.29 is 19.5 Å². The van der Waals surface area contributed by atoms with Crippen molar-refractivity contribution in [2.24, 2.45) is 16.7 Å². The molecule has 6 nitrogen and oxygen atoms in total. The lowest BCUT2D eigenvalue weighted by molar-refractivity contribution is -0.152. The van der Waals surface area contributed by atoms with Gasteiger partial charge in [-0.05, 0) is 30.6 Å². The van der Waals surface area contributed by atoms with Gasteiger partial charge in [0.2, 0.25) is 11.8 Å². The second-order valence-corrected chi connectivity index (χ2v) is 9.11. The maximum Gasteiger partial charge on any atom is 0.311 e. The molecule has 2 unspecified atom stereocenters. The van der Waals surface area contributed by atoms with E-state index in [0.29, 0.717) is 32.4 Å². The van der Waals surface area contributed by atoms with E-state index in [-0.39, 0.29) is 29.7 Å². The van der Waals surface area contributed by atoms with Crippen molar-refractivity contribution in [2.75, 3.05) is 19.6 Å². The van der Waals surface area contributed by atoms with Gasteiger partial charge in [-0.2, -0.15) is 0 Å². The molecule has 2 aliphatic rings. The summed E-state index contributed by atoms with van der Waals surface area (Å²) < 4.78 is 0. The molecular formula is C19H32N2O4. The Bertz CT molecular complexity index is 552. The minimum Gasteiger partial charge on any atom is -0.481 e. The van der Waals surface area contributed by atoms with Gasteiger partial charge in [-0.1, -0.05) is 34.6 Å². The third-order valence-corrected chi connectivity index (χ3v) is 5.68. The van der Waals surface area contributed by atoms with Crippen LogP contribution < -0.4 is 0 Å². The summed E-state index contributed by atoms with van der Waals surface area (Å²) >= 11 is 0. The van der Waals surface area contributed by atoms with Crippen LogP contribution in [0, 0.1) is 16.7 Å². The molecule has 0 bridgehead atoms. The third kappa shape index (κ3) is 3.98. The van der Waals surface area contributed by atoms with Gasteiger partial charge in [0.05, 0.1) is 5.41 Å². The smallest absolute Gasteiger partial charge is 0.311 e. The molecule has 25 heavy (non-hydrogen) atoms. The zero-order chi connectivity index (χ0) is 19.0. The van der Waals surface area contributed by atoms with Crippen molar-refractivity contribution in [3.8, 4) is 0 Å². The average molecular weight is 352 g/mol. The van der Waals surface area contributed by atoms with E-state index in [4.69, 9.17) is 0 Å². The van der Waals surface area contributed by atoms with Gasteiger partial charge in [-0.3, -0.25) is 14.4 Å². The number of carbonyl (C=O) groups is 3. The number of rotatable bonds is 4. The molecule has 0 aromatic carbocycles. The molecule has 0 saturated carbocycles. The molecule has 142 valence electrons. The lowest BCUT2D eigenvalue weighted by Gasteiger charge is -2.32. The maximum absolute atomic E-state index is 13.0. The summed E-state index contributed by atoms with van der Waals surface area (Å²) in [6.07, 6.45) is 2.40. The molecular weight excluding hydrogens is 320 g/mol. The first kappa shape index (κ1) is 19.7. The quantitative estimate of drug-likeness (QED) is 0.842.